The minimum atomic E-state index is -0.330. The van der Waals surface area contributed by atoms with Gasteiger partial charge in [0.15, 0.2) is 0 Å². The van der Waals surface area contributed by atoms with Gasteiger partial charge in [0.1, 0.15) is 5.70 Å². The van der Waals surface area contributed by atoms with Crippen molar-refractivity contribution < 1.29 is 9.59 Å². The van der Waals surface area contributed by atoms with E-state index in [-0.39, 0.29) is 18.4 Å². The van der Waals surface area contributed by atoms with Gasteiger partial charge < -0.3 is 5.32 Å². The molecule has 1 heterocycles. The van der Waals surface area contributed by atoms with E-state index in [1.54, 1.807) is 6.08 Å². The number of nitrogens with zero attached hydrogens (tertiary/aromatic N) is 1. The molecule has 0 radical (unpaired) electrons. The first kappa shape index (κ1) is 16.7. The molecule has 0 aliphatic carbocycles. The van der Waals surface area contributed by atoms with Gasteiger partial charge >= 0.3 is 0 Å². The Morgan fingerprint density at radius 2 is 1.76 bits per heavy atom. The third kappa shape index (κ3) is 3.11. The van der Waals surface area contributed by atoms with Gasteiger partial charge in [-0.25, -0.2) is 0 Å². The second-order valence-electron chi connectivity index (χ2n) is 6.07. The van der Waals surface area contributed by atoms with Crippen LogP contribution in [-0.4, -0.2) is 23.3 Å². The van der Waals surface area contributed by atoms with Gasteiger partial charge in [-0.15, -0.1) is 6.58 Å². The molecule has 0 saturated heterocycles. The van der Waals surface area contributed by atoms with Crippen LogP contribution in [0, 0.1) is 13.8 Å². The first-order valence-corrected chi connectivity index (χ1v) is 8.14. The van der Waals surface area contributed by atoms with Crippen LogP contribution in [0.25, 0.3) is 5.57 Å². The number of anilines is 1. The number of hydrogen-bond donors (Lipinski definition) is 1. The number of hydrogen-bond acceptors (Lipinski definition) is 3. The lowest BCUT2D eigenvalue weighted by Gasteiger charge is -2.13. The Balaban J connectivity index is 2.09. The van der Waals surface area contributed by atoms with E-state index in [9.17, 15) is 9.59 Å². The molecule has 0 aromatic heterocycles. The van der Waals surface area contributed by atoms with Crippen LogP contribution in [0.1, 0.15) is 16.7 Å². The Hall–Kier alpha value is -3.14. The zero-order valence-electron chi connectivity index (χ0n) is 14.4. The number of aryl methyl sites for hydroxylation is 2. The molecule has 1 aliphatic rings. The maximum Gasteiger partial charge on any atom is 0.278 e. The molecule has 1 aliphatic heterocycles. The van der Waals surface area contributed by atoms with Crippen molar-refractivity contribution in [3.63, 3.8) is 0 Å². The highest BCUT2D eigenvalue weighted by atomic mass is 16.2. The maximum absolute atomic E-state index is 12.8. The highest BCUT2D eigenvalue weighted by molar-refractivity contribution is 6.36. The molecule has 2 aromatic rings. The number of imide groups is 1. The van der Waals surface area contributed by atoms with Crippen molar-refractivity contribution in [1.29, 1.82) is 0 Å². The molecule has 126 valence electrons. The summed E-state index contributed by atoms with van der Waals surface area (Å²) >= 11 is 0. The summed E-state index contributed by atoms with van der Waals surface area (Å²) in [5.74, 6) is -0.632. The summed E-state index contributed by atoms with van der Waals surface area (Å²) in [5, 5.41) is 3.19. The number of carbonyl (C=O) groups is 2. The highest BCUT2D eigenvalue weighted by Crippen LogP contribution is 2.31. The highest BCUT2D eigenvalue weighted by Gasteiger charge is 2.38. The van der Waals surface area contributed by atoms with Gasteiger partial charge in [-0.1, -0.05) is 54.1 Å². The topological polar surface area (TPSA) is 49.4 Å². The predicted molar refractivity (Wildman–Crippen MR) is 99.8 cm³/mol. The predicted octanol–water partition coefficient (Wildman–Crippen LogP) is 3.68. The van der Waals surface area contributed by atoms with Crippen molar-refractivity contribution in [3.05, 3.63) is 83.6 Å². The van der Waals surface area contributed by atoms with Gasteiger partial charge in [0.25, 0.3) is 11.8 Å². The lowest BCUT2D eigenvalue weighted by Crippen LogP contribution is -2.32. The van der Waals surface area contributed by atoms with E-state index in [1.807, 2.05) is 62.4 Å². The monoisotopic (exact) mass is 332 g/mol. The van der Waals surface area contributed by atoms with Crippen LogP contribution < -0.4 is 5.32 Å². The van der Waals surface area contributed by atoms with Gasteiger partial charge in [-0.05, 0) is 31.0 Å². The van der Waals surface area contributed by atoms with Crippen LogP contribution in [0.4, 0.5) is 5.69 Å². The molecular formula is C21H20N2O2. The minimum absolute atomic E-state index is 0.187. The third-order valence-corrected chi connectivity index (χ3v) is 4.18. The molecule has 4 heteroatoms. The molecule has 3 rings (SSSR count). The standard InChI is InChI=1S/C21H20N2O2/c1-4-12-23-20(24)18(16-8-6-5-7-9-16)19(21(23)25)22-17-11-10-14(2)13-15(17)3/h4-11,13,22H,1,12H2,2-3H3. The first-order chi connectivity index (χ1) is 12.0. The van der Waals surface area contributed by atoms with E-state index in [0.717, 1.165) is 22.4 Å². The summed E-state index contributed by atoms with van der Waals surface area (Å²) in [6.45, 7) is 7.81. The molecule has 2 aromatic carbocycles. The molecule has 2 amide bonds. The van der Waals surface area contributed by atoms with Crippen molar-refractivity contribution >= 4 is 23.1 Å². The second-order valence-corrected chi connectivity index (χ2v) is 6.07. The summed E-state index contributed by atoms with van der Waals surface area (Å²) in [6.07, 6.45) is 1.55. The number of amides is 2. The van der Waals surface area contributed by atoms with E-state index in [2.05, 4.69) is 11.9 Å². The molecule has 0 saturated carbocycles. The van der Waals surface area contributed by atoms with Crippen LogP contribution in [0.2, 0.25) is 0 Å². The molecular weight excluding hydrogens is 312 g/mol. The Kier molecular flexibility index (Phi) is 4.52. The van der Waals surface area contributed by atoms with Gasteiger partial charge in [0.05, 0.1) is 5.57 Å². The Morgan fingerprint density at radius 3 is 2.40 bits per heavy atom. The quantitative estimate of drug-likeness (QED) is 0.671. The van der Waals surface area contributed by atoms with Crippen LogP contribution in [-0.2, 0) is 9.59 Å². The fraction of sp³-hybridized carbons (Fsp3) is 0.143. The Bertz CT molecular complexity index is 882. The number of rotatable bonds is 5. The molecule has 1 N–H and O–H groups in total. The largest absolute Gasteiger partial charge is 0.350 e. The Morgan fingerprint density at radius 1 is 1.04 bits per heavy atom. The van der Waals surface area contributed by atoms with E-state index in [0.29, 0.717) is 11.3 Å². The smallest absolute Gasteiger partial charge is 0.278 e. The average Bonchev–Trinajstić information content (AvgIpc) is 2.83. The van der Waals surface area contributed by atoms with Crippen molar-refractivity contribution in [2.45, 2.75) is 13.8 Å². The van der Waals surface area contributed by atoms with Crippen molar-refractivity contribution in [2.24, 2.45) is 0 Å². The van der Waals surface area contributed by atoms with Gasteiger partial charge in [0.2, 0.25) is 0 Å². The molecule has 0 spiro atoms. The van der Waals surface area contributed by atoms with Crippen LogP contribution in [0.3, 0.4) is 0 Å². The van der Waals surface area contributed by atoms with E-state index in [1.165, 1.54) is 4.90 Å². The average molecular weight is 332 g/mol. The lowest BCUT2D eigenvalue weighted by atomic mass is 10.0. The fourth-order valence-electron chi connectivity index (χ4n) is 2.95. The molecule has 0 fully saturated rings. The minimum Gasteiger partial charge on any atom is -0.350 e. The molecule has 4 nitrogen and oxygen atoms in total. The lowest BCUT2D eigenvalue weighted by molar-refractivity contribution is -0.136. The molecule has 0 bridgehead atoms. The third-order valence-electron chi connectivity index (χ3n) is 4.18. The molecule has 0 atom stereocenters. The second kappa shape index (κ2) is 6.77. The van der Waals surface area contributed by atoms with Crippen molar-refractivity contribution in [3.8, 4) is 0 Å². The maximum atomic E-state index is 12.8. The van der Waals surface area contributed by atoms with Gasteiger partial charge in [-0.3, -0.25) is 14.5 Å². The van der Waals surface area contributed by atoms with Crippen molar-refractivity contribution in [1.82, 2.24) is 4.90 Å². The summed E-state index contributed by atoms with van der Waals surface area (Å²) < 4.78 is 0. The molecule has 25 heavy (non-hydrogen) atoms. The summed E-state index contributed by atoms with van der Waals surface area (Å²) in [4.78, 5) is 26.8. The van der Waals surface area contributed by atoms with Crippen molar-refractivity contribution in [2.75, 3.05) is 11.9 Å². The van der Waals surface area contributed by atoms with Gasteiger partial charge in [-0.2, -0.15) is 0 Å². The van der Waals surface area contributed by atoms with E-state index < -0.39 is 0 Å². The van der Waals surface area contributed by atoms with E-state index in [4.69, 9.17) is 0 Å². The normalized spacial score (nSPS) is 14.2. The van der Waals surface area contributed by atoms with Gasteiger partial charge in [0, 0.05) is 12.2 Å². The number of nitrogens with one attached hydrogen (secondary N) is 1. The zero-order chi connectivity index (χ0) is 18.0. The van der Waals surface area contributed by atoms with Crippen LogP contribution in [0.15, 0.2) is 66.9 Å². The van der Waals surface area contributed by atoms with Crippen LogP contribution >= 0.6 is 0 Å². The Labute approximate surface area is 147 Å². The van der Waals surface area contributed by atoms with E-state index >= 15 is 0 Å². The first-order valence-electron chi connectivity index (χ1n) is 8.14. The zero-order valence-corrected chi connectivity index (χ0v) is 14.4. The molecule has 0 unspecified atom stereocenters. The SMILES string of the molecule is C=CCN1C(=O)C(Nc2ccc(C)cc2C)=C(c2ccccc2)C1=O. The summed E-state index contributed by atoms with van der Waals surface area (Å²) in [6, 6.07) is 15.2. The number of carbonyl (C=O) groups excluding carboxylic acids is 2. The summed E-state index contributed by atoms with van der Waals surface area (Å²) in [5.41, 5.74) is 4.40. The number of benzene rings is 2. The fourth-order valence-corrected chi connectivity index (χ4v) is 2.95. The van der Waals surface area contributed by atoms with Crippen LogP contribution in [0.5, 0.6) is 0 Å². The summed E-state index contributed by atoms with van der Waals surface area (Å²) in [7, 11) is 0.